The van der Waals surface area contributed by atoms with Gasteiger partial charge in [-0.1, -0.05) is 34.6 Å². The first-order valence-corrected chi connectivity index (χ1v) is 7.36. The summed E-state index contributed by atoms with van der Waals surface area (Å²) in [6.45, 7) is 13.1. The second kappa shape index (κ2) is 6.08. The molecule has 108 valence electrons. The van der Waals surface area contributed by atoms with Crippen molar-refractivity contribution in [3.05, 3.63) is 17.7 Å². The van der Waals surface area contributed by atoms with Crippen molar-refractivity contribution in [2.24, 2.45) is 5.41 Å². The van der Waals surface area contributed by atoms with Gasteiger partial charge in [0.2, 0.25) is 0 Å². The Labute approximate surface area is 122 Å². The molecular weight excluding hydrogens is 258 g/mol. The molecule has 1 atom stereocenters. The molecule has 0 amide bonds. The van der Waals surface area contributed by atoms with Crippen LogP contribution in [0.5, 0.6) is 0 Å². The van der Waals surface area contributed by atoms with Gasteiger partial charge in [0.05, 0.1) is 23.5 Å². The van der Waals surface area contributed by atoms with Crippen molar-refractivity contribution in [2.75, 3.05) is 11.9 Å². The van der Waals surface area contributed by atoms with Crippen LogP contribution in [0.4, 0.5) is 5.69 Å². The molecule has 0 bridgehead atoms. The van der Waals surface area contributed by atoms with E-state index in [1.807, 2.05) is 6.20 Å². The third-order valence-corrected chi connectivity index (χ3v) is 3.97. The minimum atomic E-state index is 0.190. The first-order chi connectivity index (χ1) is 8.68. The van der Waals surface area contributed by atoms with Gasteiger partial charge in [0, 0.05) is 19.0 Å². The van der Waals surface area contributed by atoms with Crippen molar-refractivity contribution < 1.29 is 0 Å². The highest BCUT2D eigenvalue weighted by molar-refractivity contribution is 6.17. The molecule has 0 N–H and O–H groups in total. The predicted molar refractivity (Wildman–Crippen MR) is 83.0 cm³/mol. The van der Waals surface area contributed by atoms with E-state index < -0.39 is 0 Å². The summed E-state index contributed by atoms with van der Waals surface area (Å²) in [5, 5.41) is 0. The zero-order valence-corrected chi connectivity index (χ0v) is 13.9. The largest absolute Gasteiger partial charge is 0.369 e. The first kappa shape index (κ1) is 16.2. The number of alkyl halides is 1. The maximum absolute atomic E-state index is 6.05. The lowest BCUT2D eigenvalue weighted by atomic mass is 9.87. The molecule has 0 aliphatic rings. The quantitative estimate of drug-likeness (QED) is 0.775. The molecule has 19 heavy (non-hydrogen) atoms. The summed E-state index contributed by atoms with van der Waals surface area (Å²) in [7, 11) is 2.08. The molecule has 0 spiro atoms. The Morgan fingerprint density at radius 3 is 2.26 bits per heavy atom. The Morgan fingerprint density at radius 1 is 1.26 bits per heavy atom. The van der Waals surface area contributed by atoms with Gasteiger partial charge >= 0.3 is 0 Å². The molecule has 1 rings (SSSR count). The number of nitrogens with zero attached hydrogens (tertiary/aromatic N) is 3. The molecule has 0 aliphatic heterocycles. The van der Waals surface area contributed by atoms with Crippen LogP contribution in [0.25, 0.3) is 0 Å². The molecule has 1 unspecified atom stereocenters. The molecule has 0 aromatic carbocycles. The summed E-state index contributed by atoms with van der Waals surface area (Å²) >= 11 is 6.05. The van der Waals surface area contributed by atoms with Gasteiger partial charge in [-0.3, -0.25) is 0 Å². The Morgan fingerprint density at radius 2 is 1.84 bits per heavy atom. The average molecular weight is 284 g/mol. The number of hydrogen-bond donors (Lipinski definition) is 0. The molecule has 1 heterocycles. The van der Waals surface area contributed by atoms with Gasteiger partial charge < -0.3 is 4.90 Å². The number of rotatable bonds is 4. The van der Waals surface area contributed by atoms with E-state index in [0.29, 0.717) is 17.8 Å². The molecule has 0 saturated carbocycles. The highest BCUT2D eigenvalue weighted by Gasteiger charge is 2.26. The second-order valence-corrected chi connectivity index (χ2v) is 6.77. The predicted octanol–water partition coefficient (Wildman–Crippen LogP) is 4.21. The highest BCUT2D eigenvalue weighted by Crippen LogP contribution is 2.29. The van der Waals surface area contributed by atoms with E-state index in [2.05, 4.69) is 63.5 Å². The van der Waals surface area contributed by atoms with Crippen LogP contribution in [-0.4, -0.2) is 23.1 Å². The molecule has 1 aromatic heterocycles. The normalized spacial score (nSPS) is 13.7. The first-order valence-electron chi connectivity index (χ1n) is 6.83. The number of anilines is 1. The number of hydrogen-bond acceptors (Lipinski definition) is 3. The summed E-state index contributed by atoms with van der Waals surface area (Å²) < 4.78 is 0. The lowest BCUT2D eigenvalue weighted by Gasteiger charge is -2.37. The van der Waals surface area contributed by atoms with Crippen LogP contribution in [0.2, 0.25) is 0 Å². The number of halogens is 1. The summed E-state index contributed by atoms with van der Waals surface area (Å²) in [5.74, 6) is 1.59. The van der Waals surface area contributed by atoms with Gasteiger partial charge in [-0.05, 0) is 12.3 Å². The van der Waals surface area contributed by atoms with Crippen LogP contribution >= 0.6 is 11.6 Å². The lowest BCUT2D eigenvalue weighted by Crippen LogP contribution is -2.40. The van der Waals surface area contributed by atoms with Crippen LogP contribution in [0.3, 0.4) is 0 Å². The molecular formula is C15H26ClN3. The average Bonchev–Trinajstić information content (AvgIpc) is 2.34. The van der Waals surface area contributed by atoms with Crippen molar-refractivity contribution in [3.63, 3.8) is 0 Å². The Hall–Kier alpha value is -0.830. The van der Waals surface area contributed by atoms with Gasteiger partial charge in [-0.15, -0.1) is 11.6 Å². The van der Waals surface area contributed by atoms with Gasteiger partial charge in [0.25, 0.3) is 0 Å². The zero-order chi connectivity index (χ0) is 14.8. The fraction of sp³-hybridized carbons (Fsp3) is 0.733. The smallest absolute Gasteiger partial charge is 0.131 e. The third-order valence-electron chi connectivity index (χ3n) is 3.72. The molecule has 0 aliphatic carbocycles. The van der Waals surface area contributed by atoms with Crippen molar-refractivity contribution in [1.29, 1.82) is 0 Å². The van der Waals surface area contributed by atoms with Crippen LogP contribution in [0.15, 0.2) is 6.20 Å². The fourth-order valence-electron chi connectivity index (χ4n) is 1.89. The molecule has 1 aromatic rings. The van der Waals surface area contributed by atoms with Crippen molar-refractivity contribution in [3.8, 4) is 0 Å². The monoisotopic (exact) mass is 283 g/mol. The summed E-state index contributed by atoms with van der Waals surface area (Å²) in [5.41, 5.74) is 2.13. The standard InChI is InChI=1S/C15H26ClN3/c1-10(2)14-17-9-13(12(8-16)18-14)19(7)11(3)15(4,5)6/h9-11H,8H2,1-7H3. The number of aromatic nitrogens is 2. The van der Waals surface area contributed by atoms with E-state index in [-0.39, 0.29) is 5.41 Å². The van der Waals surface area contributed by atoms with Crippen LogP contribution in [0, 0.1) is 5.41 Å². The topological polar surface area (TPSA) is 29.0 Å². The maximum atomic E-state index is 6.05. The van der Waals surface area contributed by atoms with E-state index in [1.165, 1.54) is 0 Å². The summed E-state index contributed by atoms with van der Waals surface area (Å²) in [6.07, 6.45) is 1.91. The fourth-order valence-corrected chi connectivity index (χ4v) is 2.08. The third kappa shape index (κ3) is 3.82. The van der Waals surface area contributed by atoms with E-state index >= 15 is 0 Å². The minimum absolute atomic E-state index is 0.190. The van der Waals surface area contributed by atoms with E-state index in [9.17, 15) is 0 Å². The molecule has 0 fully saturated rings. The van der Waals surface area contributed by atoms with Gasteiger partial charge in [0.15, 0.2) is 0 Å². The molecule has 4 heteroatoms. The van der Waals surface area contributed by atoms with Crippen LogP contribution in [0.1, 0.15) is 59.0 Å². The molecule has 0 saturated heterocycles. The van der Waals surface area contributed by atoms with Gasteiger partial charge in [-0.25, -0.2) is 9.97 Å². The van der Waals surface area contributed by atoms with E-state index in [0.717, 1.165) is 17.2 Å². The van der Waals surface area contributed by atoms with E-state index in [1.54, 1.807) is 0 Å². The second-order valence-electron chi connectivity index (χ2n) is 6.50. The minimum Gasteiger partial charge on any atom is -0.369 e. The highest BCUT2D eigenvalue weighted by atomic mass is 35.5. The molecule has 0 radical (unpaired) electrons. The van der Waals surface area contributed by atoms with Crippen molar-refractivity contribution >= 4 is 17.3 Å². The maximum Gasteiger partial charge on any atom is 0.131 e. The van der Waals surface area contributed by atoms with E-state index in [4.69, 9.17) is 11.6 Å². The van der Waals surface area contributed by atoms with Crippen molar-refractivity contribution in [2.45, 2.75) is 59.4 Å². The summed E-state index contributed by atoms with van der Waals surface area (Å²) in [4.78, 5) is 11.3. The van der Waals surface area contributed by atoms with Crippen molar-refractivity contribution in [1.82, 2.24) is 9.97 Å². The van der Waals surface area contributed by atoms with Crippen LogP contribution in [-0.2, 0) is 5.88 Å². The van der Waals surface area contributed by atoms with Gasteiger partial charge in [-0.2, -0.15) is 0 Å². The molecule has 3 nitrogen and oxygen atoms in total. The Bertz CT molecular complexity index is 424. The van der Waals surface area contributed by atoms with Gasteiger partial charge in [0.1, 0.15) is 5.82 Å². The lowest BCUT2D eigenvalue weighted by molar-refractivity contribution is 0.329. The van der Waals surface area contributed by atoms with Crippen LogP contribution < -0.4 is 4.90 Å². The SMILES string of the molecule is CC(C)c1ncc(N(C)C(C)C(C)(C)C)c(CCl)n1. The zero-order valence-electron chi connectivity index (χ0n) is 13.2. The Balaban J connectivity index is 3.13. The summed E-state index contributed by atoms with van der Waals surface area (Å²) in [6, 6.07) is 0.378. The Kier molecular flexibility index (Phi) is 5.19.